The molecule has 102 valence electrons. The Kier molecular flexibility index (Phi) is 4.31. The van der Waals surface area contributed by atoms with Crippen LogP contribution in [-0.2, 0) is 14.2 Å². The van der Waals surface area contributed by atoms with E-state index in [9.17, 15) is 14.9 Å². The lowest BCUT2D eigenvalue weighted by atomic mass is 10.2. The molecule has 1 aliphatic heterocycles. The van der Waals surface area contributed by atoms with Gasteiger partial charge in [-0.1, -0.05) is 11.6 Å². The zero-order valence-corrected chi connectivity index (χ0v) is 10.4. The fourth-order valence-corrected chi connectivity index (χ4v) is 1.65. The minimum absolute atomic E-state index is 0.0843. The van der Waals surface area contributed by atoms with Gasteiger partial charge in [0, 0.05) is 12.1 Å². The fraction of sp³-hybridized carbons (Fsp3) is 0.364. The molecule has 0 aliphatic carbocycles. The van der Waals surface area contributed by atoms with Crippen molar-refractivity contribution in [2.45, 2.75) is 11.9 Å². The molecule has 19 heavy (non-hydrogen) atoms. The number of nitrogens with zero attached hydrogens (tertiary/aromatic N) is 1. The van der Waals surface area contributed by atoms with E-state index >= 15 is 0 Å². The number of carbonyl (C=O) groups is 1. The van der Waals surface area contributed by atoms with Crippen molar-refractivity contribution in [3.8, 4) is 0 Å². The Labute approximate surface area is 113 Å². The Morgan fingerprint density at radius 3 is 2.68 bits per heavy atom. The van der Waals surface area contributed by atoms with E-state index in [4.69, 9.17) is 25.8 Å². The Hall–Kier alpha value is -1.70. The number of rotatable bonds is 4. The first-order valence-electron chi connectivity index (χ1n) is 5.39. The van der Waals surface area contributed by atoms with Crippen LogP contribution >= 0.6 is 11.6 Å². The van der Waals surface area contributed by atoms with E-state index < -0.39 is 22.7 Å². The molecule has 0 bridgehead atoms. The van der Waals surface area contributed by atoms with Gasteiger partial charge in [0.1, 0.15) is 6.61 Å². The first-order chi connectivity index (χ1) is 9.06. The molecule has 1 aromatic carbocycles. The van der Waals surface area contributed by atoms with E-state index in [1.165, 1.54) is 24.3 Å². The summed E-state index contributed by atoms with van der Waals surface area (Å²) in [5.41, 5.74) is -0.418. The molecule has 8 heteroatoms. The van der Waals surface area contributed by atoms with Crippen molar-refractivity contribution in [2.24, 2.45) is 0 Å². The fourth-order valence-electron chi connectivity index (χ4n) is 1.46. The standard InChI is InChI=1S/C11H10ClNO6/c12-9-5-17-10(19-9)6-18-11(14)7-1-3-8(4-2-7)13(15)16/h1-4,9-10H,5-6H2/t9-,10-/m1/s1. The van der Waals surface area contributed by atoms with Crippen molar-refractivity contribution in [1.29, 1.82) is 0 Å². The number of alkyl halides is 1. The highest BCUT2D eigenvalue weighted by molar-refractivity contribution is 6.19. The molecule has 1 aromatic rings. The molecule has 0 aromatic heterocycles. The highest BCUT2D eigenvalue weighted by atomic mass is 35.5. The summed E-state index contributed by atoms with van der Waals surface area (Å²) in [5.74, 6) is -0.611. The number of nitro benzene ring substituents is 1. The number of nitro groups is 1. The summed E-state index contributed by atoms with van der Waals surface area (Å²) >= 11 is 5.63. The van der Waals surface area contributed by atoms with Gasteiger partial charge in [0.2, 0.25) is 0 Å². The number of hydrogen-bond acceptors (Lipinski definition) is 6. The van der Waals surface area contributed by atoms with E-state index in [1.54, 1.807) is 0 Å². The van der Waals surface area contributed by atoms with E-state index in [0.29, 0.717) is 0 Å². The lowest BCUT2D eigenvalue weighted by Crippen LogP contribution is -2.20. The predicted molar refractivity (Wildman–Crippen MR) is 63.8 cm³/mol. The maximum atomic E-state index is 11.6. The smallest absolute Gasteiger partial charge is 0.338 e. The van der Waals surface area contributed by atoms with Crippen LogP contribution in [0.25, 0.3) is 0 Å². The van der Waals surface area contributed by atoms with Crippen molar-refractivity contribution >= 4 is 23.3 Å². The molecule has 0 unspecified atom stereocenters. The van der Waals surface area contributed by atoms with Crippen molar-refractivity contribution in [2.75, 3.05) is 13.2 Å². The van der Waals surface area contributed by atoms with Crippen molar-refractivity contribution in [1.82, 2.24) is 0 Å². The lowest BCUT2D eigenvalue weighted by molar-refractivity contribution is -0.384. The Morgan fingerprint density at radius 1 is 1.47 bits per heavy atom. The molecule has 0 spiro atoms. The third-order valence-electron chi connectivity index (χ3n) is 2.38. The second-order valence-corrected chi connectivity index (χ2v) is 4.20. The van der Waals surface area contributed by atoms with Gasteiger partial charge in [-0.3, -0.25) is 10.1 Å². The second-order valence-electron chi connectivity index (χ2n) is 3.71. The summed E-state index contributed by atoms with van der Waals surface area (Å²) in [4.78, 5) is 21.5. The maximum absolute atomic E-state index is 11.6. The number of hydrogen-bond donors (Lipinski definition) is 0. The first-order valence-corrected chi connectivity index (χ1v) is 5.82. The van der Waals surface area contributed by atoms with Gasteiger partial charge >= 0.3 is 5.97 Å². The average molecular weight is 288 g/mol. The molecule has 1 heterocycles. The van der Waals surface area contributed by atoms with Gasteiger partial charge in [0.05, 0.1) is 17.1 Å². The van der Waals surface area contributed by atoms with E-state index in [2.05, 4.69) is 0 Å². The van der Waals surface area contributed by atoms with E-state index in [0.717, 1.165) is 0 Å². The maximum Gasteiger partial charge on any atom is 0.338 e. The number of carbonyl (C=O) groups excluding carboxylic acids is 1. The summed E-state index contributed by atoms with van der Waals surface area (Å²) in [6.45, 7) is 0.153. The quantitative estimate of drug-likeness (QED) is 0.362. The lowest BCUT2D eigenvalue weighted by Gasteiger charge is -2.09. The van der Waals surface area contributed by atoms with Crippen LogP contribution in [0.4, 0.5) is 5.69 Å². The molecule has 0 N–H and O–H groups in total. The summed E-state index contributed by atoms with van der Waals surface area (Å²) < 4.78 is 15.1. The topological polar surface area (TPSA) is 87.9 Å². The number of benzene rings is 1. The molecule has 1 saturated heterocycles. The van der Waals surface area contributed by atoms with Crippen molar-refractivity contribution < 1.29 is 23.9 Å². The molecule has 0 radical (unpaired) electrons. The molecule has 1 fully saturated rings. The van der Waals surface area contributed by atoms with Gasteiger partial charge < -0.3 is 14.2 Å². The van der Waals surface area contributed by atoms with Crippen LogP contribution in [0.15, 0.2) is 24.3 Å². The SMILES string of the molecule is O=C(OC[C@@H]1OC[C@H](Cl)O1)c1ccc([N+](=O)[O-])cc1. The zero-order chi connectivity index (χ0) is 13.8. The first kappa shape index (κ1) is 13.7. The monoisotopic (exact) mass is 287 g/mol. The molecular weight excluding hydrogens is 278 g/mol. The zero-order valence-electron chi connectivity index (χ0n) is 9.65. The number of esters is 1. The summed E-state index contributed by atoms with van der Waals surface area (Å²) in [5, 5.41) is 10.5. The molecule has 1 aliphatic rings. The van der Waals surface area contributed by atoms with Crippen LogP contribution in [0.5, 0.6) is 0 Å². The largest absolute Gasteiger partial charge is 0.457 e. The predicted octanol–water partition coefficient (Wildman–Crippen LogP) is 1.69. The van der Waals surface area contributed by atoms with Crippen molar-refractivity contribution in [3.05, 3.63) is 39.9 Å². The molecule has 0 saturated carbocycles. The van der Waals surface area contributed by atoms with Crippen LogP contribution in [0.3, 0.4) is 0 Å². The Balaban J connectivity index is 1.87. The van der Waals surface area contributed by atoms with Gasteiger partial charge in [-0.05, 0) is 12.1 Å². The number of non-ortho nitro benzene ring substituents is 1. The van der Waals surface area contributed by atoms with E-state index in [-0.39, 0.29) is 24.5 Å². The molecular formula is C11H10ClNO6. The van der Waals surface area contributed by atoms with Gasteiger partial charge in [-0.2, -0.15) is 0 Å². The van der Waals surface area contributed by atoms with Gasteiger partial charge in [-0.15, -0.1) is 0 Å². The normalized spacial score (nSPS) is 22.2. The van der Waals surface area contributed by atoms with Crippen molar-refractivity contribution in [3.63, 3.8) is 0 Å². The van der Waals surface area contributed by atoms with Gasteiger partial charge in [0.25, 0.3) is 5.69 Å². The molecule has 0 amide bonds. The molecule has 2 rings (SSSR count). The highest BCUT2D eigenvalue weighted by Gasteiger charge is 2.25. The third-order valence-corrected chi connectivity index (χ3v) is 2.61. The van der Waals surface area contributed by atoms with E-state index in [1.807, 2.05) is 0 Å². The van der Waals surface area contributed by atoms with Crippen LogP contribution in [0.1, 0.15) is 10.4 Å². The molecule has 2 atom stereocenters. The summed E-state index contributed by atoms with van der Waals surface area (Å²) in [6, 6.07) is 5.10. The average Bonchev–Trinajstić information content (AvgIpc) is 2.82. The van der Waals surface area contributed by atoms with Crippen LogP contribution in [0, 0.1) is 10.1 Å². The minimum atomic E-state index is -0.676. The summed E-state index contributed by atoms with van der Waals surface area (Å²) in [6.07, 6.45) is -0.676. The molecule has 7 nitrogen and oxygen atoms in total. The van der Waals surface area contributed by atoms with Crippen LogP contribution in [-0.4, -0.2) is 36.0 Å². The van der Waals surface area contributed by atoms with Gasteiger partial charge in [-0.25, -0.2) is 4.79 Å². The second kappa shape index (κ2) is 5.96. The number of ether oxygens (including phenoxy) is 3. The van der Waals surface area contributed by atoms with Crippen LogP contribution < -0.4 is 0 Å². The summed E-state index contributed by atoms with van der Waals surface area (Å²) in [7, 11) is 0. The Morgan fingerprint density at radius 2 is 2.16 bits per heavy atom. The van der Waals surface area contributed by atoms with Gasteiger partial charge in [0.15, 0.2) is 11.9 Å². The Bertz CT molecular complexity index is 477. The third kappa shape index (κ3) is 3.63. The number of halogens is 1. The van der Waals surface area contributed by atoms with Crippen LogP contribution in [0.2, 0.25) is 0 Å². The minimum Gasteiger partial charge on any atom is -0.457 e. The highest BCUT2D eigenvalue weighted by Crippen LogP contribution is 2.16.